The predicted molar refractivity (Wildman–Crippen MR) is 95.7 cm³/mol. The fraction of sp³-hybridized carbons (Fsp3) is 0.947. The molecule has 1 N–H and O–H groups in total. The van der Waals surface area contributed by atoms with Crippen molar-refractivity contribution in [2.24, 2.45) is 5.92 Å². The molecule has 21 heavy (non-hydrogen) atoms. The summed E-state index contributed by atoms with van der Waals surface area (Å²) in [5, 5.41) is 3.00. The number of amides is 1. The van der Waals surface area contributed by atoms with Crippen molar-refractivity contribution in [3.8, 4) is 0 Å². The Balaban J connectivity index is 0. The summed E-state index contributed by atoms with van der Waals surface area (Å²) in [6.45, 7) is 11.3. The number of unbranched alkanes of at least 4 members (excludes halogenated alkanes) is 9. The molecular weight excluding hydrogens is 258 g/mol. The van der Waals surface area contributed by atoms with Crippen LogP contribution in [0.3, 0.4) is 0 Å². The fourth-order valence-corrected chi connectivity index (χ4v) is 2.28. The van der Waals surface area contributed by atoms with Gasteiger partial charge < -0.3 is 5.32 Å². The number of hydrogen-bond acceptors (Lipinski definition) is 1. The Labute approximate surface area is 134 Å². The van der Waals surface area contributed by atoms with Crippen LogP contribution in [0.1, 0.15) is 105 Å². The van der Waals surface area contributed by atoms with E-state index in [0.717, 1.165) is 13.0 Å². The maximum Gasteiger partial charge on any atom is 0.220 e. The molecule has 2 heteroatoms. The Morgan fingerprint density at radius 2 is 1.24 bits per heavy atom. The summed E-state index contributed by atoms with van der Waals surface area (Å²) in [6, 6.07) is 0. The third-order valence-electron chi connectivity index (χ3n) is 3.45. The summed E-state index contributed by atoms with van der Waals surface area (Å²) >= 11 is 0. The first-order chi connectivity index (χ1) is 10.2. The minimum Gasteiger partial charge on any atom is -0.356 e. The van der Waals surface area contributed by atoms with E-state index in [1.54, 1.807) is 0 Å². The molecule has 0 fully saturated rings. The summed E-state index contributed by atoms with van der Waals surface area (Å²) in [6.07, 6.45) is 14.1. The van der Waals surface area contributed by atoms with Crippen molar-refractivity contribution in [3.63, 3.8) is 0 Å². The first-order valence-electron chi connectivity index (χ1n) is 9.43. The maximum absolute atomic E-state index is 11.4. The Kier molecular flexibility index (Phi) is 21.1. The molecule has 128 valence electrons. The van der Waals surface area contributed by atoms with Gasteiger partial charge in [0.25, 0.3) is 0 Å². The van der Waals surface area contributed by atoms with Gasteiger partial charge in [0.1, 0.15) is 0 Å². The molecule has 0 saturated carbocycles. The number of hydrogen-bond donors (Lipinski definition) is 1. The van der Waals surface area contributed by atoms with E-state index in [1.807, 2.05) is 13.8 Å². The van der Waals surface area contributed by atoms with Crippen LogP contribution in [0.15, 0.2) is 0 Å². The van der Waals surface area contributed by atoms with Gasteiger partial charge in [-0.15, -0.1) is 0 Å². The third kappa shape index (κ3) is 21.9. The molecule has 0 atom stereocenters. The zero-order valence-corrected chi connectivity index (χ0v) is 15.5. The standard InChI is InChI=1S/C17H35NO.C2H6/c1-4-5-6-7-8-9-10-11-12-13-14-18-17(19)15-16(2)3;1-2/h16H,4-15H2,1-3H3,(H,18,19);1-2H3. The highest BCUT2D eigenvalue weighted by atomic mass is 16.1. The van der Waals surface area contributed by atoms with Crippen LogP contribution in [0, 0.1) is 5.92 Å². The topological polar surface area (TPSA) is 29.1 Å². The van der Waals surface area contributed by atoms with Gasteiger partial charge in [0.05, 0.1) is 0 Å². The highest BCUT2D eigenvalue weighted by Gasteiger charge is 2.02. The van der Waals surface area contributed by atoms with Gasteiger partial charge in [-0.25, -0.2) is 0 Å². The second-order valence-corrected chi connectivity index (χ2v) is 6.13. The van der Waals surface area contributed by atoms with E-state index in [-0.39, 0.29) is 5.91 Å². The third-order valence-corrected chi connectivity index (χ3v) is 3.45. The molecule has 0 aliphatic carbocycles. The van der Waals surface area contributed by atoms with Gasteiger partial charge in [-0.1, -0.05) is 92.4 Å². The average molecular weight is 300 g/mol. The molecule has 0 radical (unpaired) electrons. The average Bonchev–Trinajstić information content (AvgIpc) is 2.46. The van der Waals surface area contributed by atoms with Gasteiger partial charge >= 0.3 is 0 Å². The van der Waals surface area contributed by atoms with Crippen LogP contribution in [0.4, 0.5) is 0 Å². The van der Waals surface area contributed by atoms with E-state index < -0.39 is 0 Å². The molecule has 0 aromatic carbocycles. The smallest absolute Gasteiger partial charge is 0.220 e. The molecule has 0 aromatic heterocycles. The van der Waals surface area contributed by atoms with Crippen LogP contribution in [0.2, 0.25) is 0 Å². The Bertz CT molecular complexity index is 202. The predicted octanol–water partition coefficient (Wildman–Crippen LogP) is 6.10. The van der Waals surface area contributed by atoms with Crippen molar-refractivity contribution in [1.29, 1.82) is 0 Å². The van der Waals surface area contributed by atoms with Gasteiger partial charge in [0.2, 0.25) is 5.91 Å². The lowest BCUT2D eigenvalue weighted by molar-refractivity contribution is -0.121. The van der Waals surface area contributed by atoms with E-state index in [1.165, 1.54) is 57.8 Å². The van der Waals surface area contributed by atoms with Crippen LogP contribution in [-0.2, 0) is 4.79 Å². The molecular formula is C19H41NO. The molecule has 0 aliphatic rings. The van der Waals surface area contributed by atoms with Crippen molar-refractivity contribution in [1.82, 2.24) is 5.32 Å². The van der Waals surface area contributed by atoms with Crippen molar-refractivity contribution in [2.45, 2.75) is 105 Å². The van der Waals surface area contributed by atoms with Gasteiger partial charge in [-0.05, 0) is 12.3 Å². The molecule has 0 spiro atoms. The minimum absolute atomic E-state index is 0.214. The first-order valence-corrected chi connectivity index (χ1v) is 9.43. The number of rotatable bonds is 13. The summed E-state index contributed by atoms with van der Waals surface area (Å²) in [5.41, 5.74) is 0. The monoisotopic (exact) mass is 299 g/mol. The maximum atomic E-state index is 11.4. The highest BCUT2D eigenvalue weighted by Crippen LogP contribution is 2.10. The van der Waals surface area contributed by atoms with Crippen molar-refractivity contribution < 1.29 is 4.79 Å². The second kappa shape index (κ2) is 19.5. The lowest BCUT2D eigenvalue weighted by Crippen LogP contribution is -2.25. The molecule has 0 rings (SSSR count). The van der Waals surface area contributed by atoms with Crippen molar-refractivity contribution in [3.05, 3.63) is 0 Å². The molecule has 0 bridgehead atoms. The largest absolute Gasteiger partial charge is 0.356 e. The zero-order chi connectivity index (χ0) is 16.3. The van der Waals surface area contributed by atoms with E-state index in [2.05, 4.69) is 26.1 Å². The Hall–Kier alpha value is -0.530. The Morgan fingerprint density at radius 3 is 1.67 bits per heavy atom. The SMILES string of the molecule is CC.CCCCCCCCCCCCNC(=O)CC(C)C. The molecule has 0 saturated heterocycles. The molecule has 2 nitrogen and oxygen atoms in total. The van der Waals surface area contributed by atoms with Crippen LogP contribution in [-0.4, -0.2) is 12.5 Å². The summed E-state index contributed by atoms with van der Waals surface area (Å²) in [7, 11) is 0. The lowest BCUT2D eigenvalue weighted by Gasteiger charge is -2.07. The van der Waals surface area contributed by atoms with Crippen molar-refractivity contribution in [2.75, 3.05) is 6.54 Å². The normalized spacial score (nSPS) is 10.2. The van der Waals surface area contributed by atoms with E-state index in [4.69, 9.17) is 0 Å². The quantitative estimate of drug-likeness (QED) is 0.409. The van der Waals surface area contributed by atoms with Gasteiger partial charge in [-0.2, -0.15) is 0 Å². The van der Waals surface area contributed by atoms with Crippen LogP contribution in [0.25, 0.3) is 0 Å². The highest BCUT2D eigenvalue weighted by molar-refractivity contribution is 5.75. The first kappa shape index (κ1) is 22.7. The number of carbonyl (C=O) groups excluding carboxylic acids is 1. The molecule has 0 heterocycles. The second-order valence-electron chi connectivity index (χ2n) is 6.13. The summed E-state index contributed by atoms with van der Waals surface area (Å²) in [4.78, 5) is 11.4. The van der Waals surface area contributed by atoms with E-state index in [0.29, 0.717) is 12.3 Å². The van der Waals surface area contributed by atoms with Crippen LogP contribution < -0.4 is 5.32 Å². The Morgan fingerprint density at radius 1 is 0.810 bits per heavy atom. The van der Waals surface area contributed by atoms with E-state index in [9.17, 15) is 4.79 Å². The van der Waals surface area contributed by atoms with Crippen molar-refractivity contribution >= 4 is 5.91 Å². The summed E-state index contributed by atoms with van der Waals surface area (Å²) < 4.78 is 0. The fourth-order valence-electron chi connectivity index (χ4n) is 2.28. The van der Waals surface area contributed by atoms with Gasteiger partial charge in [-0.3, -0.25) is 4.79 Å². The molecule has 0 unspecified atom stereocenters. The van der Waals surface area contributed by atoms with Gasteiger partial charge in [0, 0.05) is 13.0 Å². The van der Waals surface area contributed by atoms with Crippen LogP contribution in [0.5, 0.6) is 0 Å². The van der Waals surface area contributed by atoms with E-state index >= 15 is 0 Å². The zero-order valence-electron chi connectivity index (χ0n) is 15.5. The van der Waals surface area contributed by atoms with Crippen LogP contribution >= 0.6 is 0 Å². The minimum atomic E-state index is 0.214. The number of nitrogens with one attached hydrogen (secondary N) is 1. The lowest BCUT2D eigenvalue weighted by atomic mass is 10.1. The summed E-state index contributed by atoms with van der Waals surface area (Å²) in [5.74, 6) is 0.679. The molecule has 1 amide bonds. The molecule has 0 aliphatic heterocycles. The number of carbonyl (C=O) groups is 1. The van der Waals surface area contributed by atoms with Gasteiger partial charge in [0.15, 0.2) is 0 Å². The molecule has 0 aromatic rings.